The molecule has 0 atom stereocenters. The average Bonchev–Trinajstić information content (AvgIpc) is 3.07. The minimum absolute atomic E-state index is 0.0187. The second-order valence-electron chi connectivity index (χ2n) is 7.72. The number of nitrogen functional groups attached to an aromatic ring is 1. The Morgan fingerprint density at radius 3 is 2.35 bits per heavy atom. The van der Waals surface area contributed by atoms with Crippen LogP contribution in [0.15, 0.2) is 69.7 Å². The summed E-state index contributed by atoms with van der Waals surface area (Å²) in [5.74, 6) is 0.392. The Bertz CT molecular complexity index is 1160. The summed E-state index contributed by atoms with van der Waals surface area (Å²) in [6, 6.07) is 15.9. The third-order valence-electron chi connectivity index (χ3n) is 5.40. The first kappa shape index (κ1) is 21.2. The maximum atomic E-state index is 12.6. The number of para-hydroxylation sites is 1. The van der Waals surface area contributed by atoms with Crippen molar-refractivity contribution in [2.45, 2.75) is 50.0 Å². The summed E-state index contributed by atoms with van der Waals surface area (Å²) in [7, 11) is -3.54. The van der Waals surface area contributed by atoms with E-state index in [-0.39, 0.29) is 10.9 Å². The van der Waals surface area contributed by atoms with E-state index < -0.39 is 10.0 Å². The van der Waals surface area contributed by atoms with Gasteiger partial charge in [0, 0.05) is 6.04 Å². The smallest absolute Gasteiger partial charge is 0.240 e. The van der Waals surface area contributed by atoms with Crippen LogP contribution in [0.25, 0.3) is 5.69 Å². The maximum Gasteiger partial charge on any atom is 0.240 e. The van der Waals surface area contributed by atoms with Gasteiger partial charge in [-0.3, -0.25) is 0 Å². The van der Waals surface area contributed by atoms with Gasteiger partial charge in [0.25, 0.3) is 0 Å². The maximum absolute atomic E-state index is 12.6. The summed E-state index contributed by atoms with van der Waals surface area (Å²) < 4.78 is 29.7. The Kier molecular flexibility index (Phi) is 6.15. The highest BCUT2D eigenvalue weighted by molar-refractivity contribution is 7.89. The van der Waals surface area contributed by atoms with E-state index in [0.29, 0.717) is 22.9 Å². The van der Waals surface area contributed by atoms with Crippen molar-refractivity contribution >= 4 is 27.2 Å². The molecule has 1 saturated carbocycles. The van der Waals surface area contributed by atoms with Crippen molar-refractivity contribution in [3.8, 4) is 5.69 Å². The second kappa shape index (κ2) is 8.99. The fraction of sp³-hybridized carbons (Fsp3) is 0.318. The first-order chi connectivity index (χ1) is 14.9. The van der Waals surface area contributed by atoms with E-state index in [1.165, 1.54) is 6.42 Å². The van der Waals surface area contributed by atoms with Gasteiger partial charge in [0.1, 0.15) is 0 Å². The van der Waals surface area contributed by atoms with Crippen LogP contribution in [0.4, 0.5) is 17.2 Å². The topological polar surface area (TPSA) is 115 Å². The highest BCUT2D eigenvalue weighted by Gasteiger charge is 2.21. The van der Waals surface area contributed by atoms with Crippen molar-refractivity contribution in [3.05, 3.63) is 60.3 Å². The predicted octanol–water partition coefficient (Wildman–Crippen LogP) is 4.79. The van der Waals surface area contributed by atoms with E-state index in [1.807, 2.05) is 37.3 Å². The Hall–Kier alpha value is -3.04. The number of aryl methyl sites for hydroxylation is 1. The molecule has 0 bridgehead atoms. The van der Waals surface area contributed by atoms with Crippen molar-refractivity contribution in [2.24, 2.45) is 10.2 Å². The first-order valence-electron chi connectivity index (χ1n) is 10.4. The van der Waals surface area contributed by atoms with Crippen LogP contribution in [0.1, 0.15) is 37.8 Å². The highest BCUT2D eigenvalue weighted by atomic mass is 32.2. The molecule has 3 aromatic rings. The number of nitrogens with two attached hydrogens (primary N) is 1. The van der Waals surface area contributed by atoms with Crippen molar-refractivity contribution in [3.63, 3.8) is 0 Å². The van der Waals surface area contributed by atoms with E-state index in [9.17, 15) is 8.42 Å². The van der Waals surface area contributed by atoms with Gasteiger partial charge < -0.3 is 5.73 Å². The number of hydrogen-bond acceptors (Lipinski definition) is 6. The number of hydrogen-bond donors (Lipinski definition) is 2. The molecule has 1 aliphatic carbocycles. The molecule has 0 spiro atoms. The summed E-state index contributed by atoms with van der Waals surface area (Å²) in [6.45, 7) is 1.82. The lowest BCUT2D eigenvalue weighted by atomic mass is 9.96. The Morgan fingerprint density at radius 2 is 1.68 bits per heavy atom. The van der Waals surface area contributed by atoms with Crippen LogP contribution in [-0.2, 0) is 10.0 Å². The van der Waals surface area contributed by atoms with E-state index in [2.05, 4.69) is 20.0 Å². The zero-order valence-corrected chi connectivity index (χ0v) is 18.2. The normalized spacial score (nSPS) is 15.5. The third-order valence-corrected chi connectivity index (χ3v) is 6.94. The van der Waals surface area contributed by atoms with Crippen LogP contribution in [-0.4, -0.2) is 24.2 Å². The molecular weight excluding hydrogens is 412 g/mol. The molecule has 0 amide bonds. The second-order valence-corrected chi connectivity index (χ2v) is 9.43. The zero-order chi connectivity index (χ0) is 21.8. The van der Waals surface area contributed by atoms with Gasteiger partial charge in [-0.25, -0.2) is 17.8 Å². The number of benzene rings is 2. The molecular formula is C22H26N6O2S. The van der Waals surface area contributed by atoms with Crippen LogP contribution < -0.4 is 10.5 Å². The van der Waals surface area contributed by atoms with Gasteiger partial charge in [0.2, 0.25) is 10.0 Å². The molecule has 1 heterocycles. The number of azo groups is 1. The number of nitrogens with zero attached hydrogens (tertiary/aromatic N) is 4. The molecule has 2 aromatic carbocycles. The van der Waals surface area contributed by atoms with E-state index in [1.54, 1.807) is 28.9 Å². The molecule has 31 heavy (non-hydrogen) atoms. The average molecular weight is 439 g/mol. The summed E-state index contributed by atoms with van der Waals surface area (Å²) in [5, 5.41) is 12.9. The van der Waals surface area contributed by atoms with E-state index in [4.69, 9.17) is 5.73 Å². The lowest BCUT2D eigenvalue weighted by Gasteiger charge is -2.22. The van der Waals surface area contributed by atoms with Crippen LogP contribution in [0.2, 0.25) is 0 Å². The van der Waals surface area contributed by atoms with Gasteiger partial charge in [-0.1, -0.05) is 37.5 Å². The third kappa shape index (κ3) is 4.83. The van der Waals surface area contributed by atoms with E-state index in [0.717, 1.165) is 31.4 Å². The molecule has 0 radical (unpaired) electrons. The highest BCUT2D eigenvalue weighted by Crippen LogP contribution is 2.30. The molecule has 8 nitrogen and oxygen atoms in total. The molecule has 1 fully saturated rings. The Labute approximate surface area is 182 Å². The minimum Gasteiger partial charge on any atom is -0.382 e. The Morgan fingerprint density at radius 1 is 1.00 bits per heavy atom. The van der Waals surface area contributed by atoms with Crippen LogP contribution in [0, 0.1) is 6.92 Å². The molecule has 162 valence electrons. The number of rotatable bonds is 6. The number of nitrogens with one attached hydrogen (secondary N) is 1. The van der Waals surface area contributed by atoms with Crippen LogP contribution in [0.3, 0.4) is 0 Å². The molecule has 0 saturated heterocycles. The van der Waals surface area contributed by atoms with Crippen molar-refractivity contribution in [1.29, 1.82) is 0 Å². The largest absolute Gasteiger partial charge is 0.382 e. The molecule has 9 heteroatoms. The molecule has 1 aromatic heterocycles. The van der Waals surface area contributed by atoms with Gasteiger partial charge in [-0.2, -0.15) is 10.2 Å². The van der Waals surface area contributed by atoms with Gasteiger partial charge in [0.05, 0.1) is 22.0 Å². The van der Waals surface area contributed by atoms with Crippen LogP contribution in [0.5, 0.6) is 0 Å². The monoisotopic (exact) mass is 438 g/mol. The molecule has 1 aliphatic rings. The first-order valence-corrected chi connectivity index (χ1v) is 11.9. The predicted molar refractivity (Wildman–Crippen MR) is 121 cm³/mol. The summed E-state index contributed by atoms with van der Waals surface area (Å²) in [4.78, 5) is 0.226. The lowest BCUT2D eigenvalue weighted by molar-refractivity contribution is 0.412. The van der Waals surface area contributed by atoms with Gasteiger partial charge >= 0.3 is 0 Å². The van der Waals surface area contributed by atoms with E-state index >= 15 is 0 Å². The number of anilines is 1. The SMILES string of the molecule is Cc1nn(-c2ccccc2)c(N)c1/N=N/c1ccc(S(=O)(=O)NC2CCCCC2)cc1. The van der Waals surface area contributed by atoms with Gasteiger partial charge in [-0.15, -0.1) is 5.11 Å². The van der Waals surface area contributed by atoms with Crippen molar-refractivity contribution in [2.75, 3.05) is 5.73 Å². The number of aromatic nitrogens is 2. The van der Waals surface area contributed by atoms with Crippen LogP contribution >= 0.6 is 0 Å². The minimum atomic E-state index is -3.54. The van der Waals surface area contributed by atoms with Crippen molar-refractivity contribution in [1.82, 2.24) is 14.5 Å². The molecule has 3 N–H and O–H groups in total. The quantitative estimate of drug-likeness (QED) is 0.538. The molecule has 4 rings (SSSR count). The summed E-state index contributed by atoms with van der Waals surface area (Å²) in [6.07, 6.45) is 5.09. The summed E-state index contributed by atoms with van der Waals surface area (Å²) >= 11 is 0. The fourth-order valence-corrected chi connectivity index (χ4v) is 5.04. The molecule has 0 unspecified atom stereocenters. The fourth-order valence-electron chi connectivity index (χ4n) is 3.73. The Balaban J connectivity index is 1.50. The zero-order valence-electron chi connectivity index (χ0n) is 17.4. The van der Waals surface area contributed by atoms with Crippen molar-refractivity contribution < 1.29 is 8.42 Å². The number of sulfonamides is 1. The lowest BCUT2D eigenvalue weighted by Crippen LogP contribution is -2.36. The van der Waals surface area contributed by atoms with Gasteiger partial charge in [-0.05, 0) is 56.2 Å². The standard InChI is InChI=1S/C22H26N6O2S/c1-16-21(22(23)28(26-16)19-10-6-3-7-11-19)25-24-17-12-14-20(15-13-17)31(29,30)27-18-8-4-2-5-9-18/h3,6-7,10-15,18,27H,2,4-5,8-9,23H2,1H3/b25-24+. The van der Waals surface area contributed by atoms with Gasteiger partial charge in [0.15, 0.2) is 11.5 Å². The summed E-state index contributed by atoms with van der Waals surface area (Å²) in [5.41, 5.74) is 8.74. The molecule has 0 aliphatic heterocycles.